The maximum absolute atomic E-state index is 3.57. The molecule has 0 aliphatic heterocycles. The molecule has 0 fully saturated rings. The van der Waals surface area contributed by atoms with Crippen LogP contribution in [0, 0.1) is 0 Å². The Morgan fingerprint density at radius 3 is 2.14 bits per heavy atom. The van der Waals surface area contributed by atoms with Crippen molar-refractivity contribution in [1.29, 1.82) is 0 Å². The Bertz CT molecular complexity index is 143. The summed E-state index contributed by atoms with van der Waals surface area (Å²) in [6.07, 6.45) is 5.62. The van der Waals surface area contributed by atoms with Crippen molar-refractivity contribution in [2.24, 2.45) is 0 Å². The van der Waals surface area contributed by atoms with Crippen molar-refractivity contribution in [2.75, 3.05) is 0 Å². The van der Waals surface area contributed by atoms with Crippen LogP contribution in [-0.4, -0.2) is 18.1 Å². The first-order chi connectivity index (χ1) is 3.43. The summed E-state index contributed by atoms with van der Waals surface area (Å²) in [5.41, 5.74) is 0. The zero-order chi connectivity index (χ0) is 5.11. The summed E-state index contributed by atoms with van der Waals surface area (Å²) in [7, 11) is 3.57. The predicted octanol–water partition coefficient (Wildman–Crippen LogP) is -0.00330. The fourth-order valence-electron chi connectivity index (χ4n) is 0.470. The number of rotatable bonds is 1. The summed E-state index contributed by atoms with van der Waals surface area (Å²) in [6, 6.07) is 3.92. The topological polar surface area (TPSA) is 4.93 Å². The molecule has 0 amide bonds. The minimum absolute atomic E-state index is 1.75. The molecule has 0 N–H and O–H groups in total. The molecular formula is C5H6BN. The van der Waals surface area contributed by atoms with Gasteiger partial charge < -0.3 is 0 Å². The van der Waals surface area contributed by atoms with Gasteiger partial charge in [0.05, 0.1) is 0 Å². The van der Waals surface area contributed by atoms with Gasteiger partial charge in [-0.25, -0.2) is 0 Å². The first-order valence-electron chi connectivity index (χ1n) is 2.18. The molecule has 0 radical (unpaired) electrons. The van der Waals surface area contributed by atoms with E-state index >= 15 is 0 Å². The molecular weight excluding hydrogens is 84.9 g/mol. The van der Waals surface area contributed by atoms with Gasteiger partial charge in [-0.15, -0.1) is 0 Å². The predicted molar refractivity (Wildman–Crippen MR) is 33.0 cm³/mol. The SMILES string of the molecule is B=Cn1cccc1. The van der Waals surface area contributed by atoms with E-state index in [1.165, 1.54) is 0 Å². The van der Waals surface area contributed by atoms with Crippen LogP contribution in [0.5, 0.6) is 0 Å². The minimum atomic E-state index is 1.75. The second-order valence-electron chi connectivity index (χ2n) is 1.31. The van der Waals surface area contributed by atoms with Crippen molar-refractivity contribution in [2.45, 2.75) is 0 Å². The molecule has 1 aromatic heterocycles. The zero-order valence-corrected chi connectivity index (χ0v) is 4.04. The molecule has 0 aliphatic carbocycles. The molecule has 1 heterocycles. The van der Waals surface area contributed by atoms with Gasteiger partial charge in [0.2, 0.25) is 0 Å². The van der Waals surface area contributed by atoms with Gasteiger partial charge in [-0.1, -0.05) is 0 Å². The monoisotopic (exact) mass is 91.1 g/mol. The van der Waals surface area contributed by atoms with Crippen LogP contribution < -0.4 is 0 Å². The molecule has 0 aliphatic rings. The second kappa shape index (κ2) is 1.78. The van der Waals surface area contributed by atoms with Crippen LogP contribution in [0.25, 0.3) is 0 Å². The van der Waals surface area contributed by atoms with Crippen molar-refractivity contribution in [3.05, 3.63) is 24.5 Å². The van der Waals surface area contributed by atoms with E-state index in [1.54, 1.807) is 6.09 Å². The summed E-state index contributed by atoms with van der Waals surface area (Å²) in [6.45, 7) is 0. The van der Waals surface area contributed by atoms with Crippen molar-refractivity contribution in [1.82, 2.24) is 4.57 Å². The van der Waals surface area contributed by atoms with Gasteiger partial charge in [0.25, 0.3) is 0 Å². The Hall–Kier alpha value is -0.785. The standard InChI is InChI=1S/C5H6BN/c6-5-7-3-1-2-4-7/h1-6H. The average Bonchev–Trinajstić information content (AvgIpc) is 2.14. The van der Waals surface area contributed by atoms with Crippen molar-refractivity contribution >= 4 is 13.6 Å². The number of aromatic nitrogens is 1. The van der Waals surface area contributed by atoms with Crippen molar-refractivity contribution < 1.29 is 0 Å². The molecule has 0 saturated heterocycles. The zero-order valence-electron chi connectivity index (χ0n) is 4.04. The van der Waals surface area contributed by atoms with Crippen LogP contribution in [0.2, 0.25) is 0 Å². The molecule has 1 nitrogen and oxygen atoms in total. The quantitative estimate of drug-likeness (QED) is 0.428. The van der Waals surface area contributed by atoms with Gasteiger partial charge in [0.15, 0.2) is 0 Å². The molecule has 2 heteroatoms. The van der Waals surface area contributed by atoms with Gasteiger partial charge >= 0.3 is 42.7 Å². The molecule has 1 rings (SSSR count). The van der Waals surface area contributed by atoms with Crippen LogP contribution in [-0.2, 0) is 0 Å². The molecule has 0 unspecified atom stereocenters. The summed E-state index contributed by atoms with van der Waals surface area (Å²) >= 11 is 0. The second-order valence-corrected chi connectivity index (χ2v) is 1.31. The van der Waals surface area contributed by atoms with E-state index in [-0.39, 0.29) is 0 Å². The van der Waals surface area contributed by atoms with Gasteiger partial charge in [0.1, 0.15) is 0 Å². The van der Waals surface area contributed by atoms with E-state index < -0.39 is 0 Å². The van der Waals surface area contributed by atoms with Gasteiger partial charge in [-0.2, -0.15) is 0 Å². The molecule has 0 spiro atoms. The summed E-state index contributed by atoms with van der Waals surface area (Å²) in [4.78, 5) is 0. The summed E-state index contributed by atoms with van der Waals surface area (Å²) < 4.78 is 1.89. The molecule has 0 aromatic carbocycles. The average molecular weight is 90.9 g/mol. The molecule has 1 aromatic rings. The number of hydrogen-bond donors (Lipinski definition) is 0. The Kier molecular flexibility index (Phi) is 1.11. The number of hydrogen-bond acceptors (Lipinski definition) is 0. The third-order valence-electron chi connectivity index (χ3n) is 0.838. The van der Waals surface area contributed by atoms with Crippen LogP contribution in [0.1, 0.15) is 0 Å². The van der Waals surface area contributed by atoms with Gasteiger partial charge in [0, 0.05) is 0 Å². The van der Waals surface area contributed by atoms with E-state index in [9.17, 15) is 0 Å². The summed E-state index contributed by atoms with van der Waals surface area (Å²) in [5, 5.41) is 0. The fourth-order valence-corrected chi connectivity index (χ4v) is 0.470. The fraction of sp³-hybridized carbons (Fsp3) is 0. The van der Waals surface area contributed by atoms with Crippen molar-refractivity contribution in [3.8, 4) is 0 Å². The molecule has 0 bridgehead atoms. The molecule has 34 valence electrons. The first kappa shape index (κ1) is 4.38. The first-order valence-corrected chi connectivity index (χ1v) is 2.18. The Morgan fingerprint density at radius 2 is 1.86 bits per heavy atom. The third-order valence-corrected chi connectivity index (χ3v) is 0.838. The maximum atomic E-state index is 3.57. The third kappa shape index (κ3) is 0.799. The molecule has 0 atom stereocenters. The van der Waals surface area contributed by atoms with E-state index in [1.807, 2.05) is 29.1 Å². The van der Waals surface area contributed by atoms with E-state index in [4.69, 9.17) is 0 Å². The Morgan fingerprint density at radius 1 is 1.29 bits per heavy atom. The van der Waals surface area contributed by atoms with E-state index in [0.29, 0.717) is 0 Å². The van der Waals surface area contributed by atoms with E-state index in [2.05, 4.69) is 7.49 Å². The van der Waals surface area contributed by atoms with Crippen LogP contribution >= 0.6 is 0 Å². The van der Waals surface area contributed by atoms with Crippen LogP contribution in [0.3, 0.4) is 0 Å². The Labute approximate surface area is 43.7 Å². The van der Waals surface area contributed by atoms with Gasteiger partial charge in [-0.05, 0) is 0 Å². The summed E-state index contributed by atoms with van der Waals surface area (Å²) in [5.74, 6) is 0. The van der Waals surface area contributed by atoms with Gasteiger partial charge in [-0.3, -0.25) is 0 Å². The molecule has 7 heavy (non-hydrogen) atoms. The Balaban J connectivity index is 2.96. The van der Waals surface area contributed by atoms with Crippen molar-refractivity contribution in [3.63, 3.8) is 0 Å². The normalized spacial score (nSPS) is 8.43. The van der Waals surface area contributed by atoms with Crippen LogP contribution in [0.15, 0.2) is 24.5 Å². The van der Waals surface area contributed by atoms with E-state index in [0.717, 1.165) is 0 Å². The van der Waals surface area contributed by atoms with Crippen LogP contribution in [0.4, 0.5) is 0 Å². The molecule has 0 saturated carbocycles. The number of nitrogens with zero attached hydrogens (tertiary/aromatic N) is 1.